The molecule has 0 bridgehead atoms. The number of ether oxygens (including phenoxy) is 1. The van der Waals surface area contributed by atoms with Crippen LogP contribution < -0.4 is 21.5 Å². The maximum atomic E-state index is 11.0. The lowest BCUT2D eigenvalue weighted by molar-refractivity contribution is -0.696. The zero-order valence-electron chi connectivity index (χ0n) is 8.15. The van der Waals surface area contributed by atoms with E-state index >= 15 is 0 Å². The van der Waals surface area contributed by atoms with E-state index in [2.05, 4.69) is 0 Å². The molecule has 0 atom stereocenters. The van der Waals surface area contributed by atoms with Crippen molar-refractivity contribution in [1.29, 1.82) is 0 Å². The third-order valence-corrected chi connectivity index (χ3v) is 1.66. The fraction of sp³-hybridized carbons (Fsp3) is 0.400. The minimum absolute atomic E-state index is 0. The Hall–Kier alpha value is -0.900. The van der Waals surface area contributed by atoms with Gasteiger partial charge in [0.15, 0.2) is 18.9 Å². The highest BCUT2D eigenvalue weighted by Gasteiger charge is 2.05. The molecule has 0 saturated carbocycles. The summed E-state index contributed by atoms with van der Waals surface area (Å²) in [6, 6.07) is 5.82. The van der Waals surface area contributed by atoms with Crippen LogP contribution in [0.15, 0.2) is 30.6 Å². The van der Waals surface area contributed by atoms with E-state index in [1.165, 1.54) is 0 Å². The van der Waals surface area contributed by atoms with E-state index < -0.39 is 0 Å². The number of nitrogens with zero attached hydrogens (tertiary/aromatic N) is 1. The first-order valence-corrected chi connectivity index (χ1v) is 4.42. The Morgan fingerprint density at radius 2 is 1.93 bits per heavy atom. The molecule has 0 amide bonds. The minimum atomic E-state index is -0.140. The summed E-state index contributed by atoms with van der Waals surface area (Å²) in [5.74, 6) is -0.140. The van der Waals surface area contributed by atoms with Crippen molar-refractivity contribution in [2.75, 3.05) is 6.61 Å². The van der Waals surface area contributed by atoms with Gasteiger partial charge >= 0.3 is 5.97 Å². The predicted octanol–water partition coefficient (Wildman–Crippen LogP) is -2.07. The van der Waals surface area contributed by atoms with E-state index in [0.717, 1.165) is 0 Å². The fourth-order valence-electron chi connectivity index (χ4n) is 1.04. The van der Waals surface area contributed by atoms with Crippen LogP contribution in [0.3, 0.4) is 0 Å². The first kappa shape index (κ1) is 13.1. The Balaban J connectivity index is 0.00000169. The van der Waals surface area contributed by atoms with Gasteiger partial charge in [0.05, 0.1) is 6.61 Å². The topological polar surface area (TPSA) is 30.2 Å². The number of pyridine rings is 1. The van der Waals surface area contributed by atoms with Crippen molar-refractivity contribution >= 4 is 5.97 Å². The molecule has 0 spiro atoms. The summed E-state index contributed by atoms with van der Waals surface area (Å²) in [5, 5.41) is 0. The molecule has 0 saturated heterocycles. The quantitative estimate of drug-likeness (QED) is 0.460. The number of hydrogen-bond donors (Lipinski definition) is 0. The van der Waals surface area contributed by atoms with Gasteiger partial charge in [0.2, 0.25) is 0 Å². The molecule has 0 N–H and O–H groups in total. The summed E-state index contributed by atoms with van der Waals surface area (Å²) in [6.45, 7) is 2.95. The second kappa shape index (κ2) is 7.50. The van der Waals surface area contributed by atoms with Crippen molar-refractivity contribution in [2.45, 2.75) is 19.9 Å². The van der Waals surface area contributed by atoms with Crippen LogP contribution in [-0.2, 0) is 16.1 Å². The van der Waals surface area contributed by atoms with Gasteiger partial charge in [-0.3, -0.25) is 4.79 Å². The highest BCUT2D eigenvalue weighted by molar-refractivity contribution is 5.68. The van der Waals surface area contributed by atoms with Crippen molar-refractivity contribution in [2.24, 2.45) is 0 Å². The van der Waals surface area contributed by atoms with E-state index in [1.54, 1.807) is 0 Å². The molecule has 1 heterocycles. The third kappa shape index (κ3) is 4.97. The summed E-state index contributed by atoms with van der Waals surface area (Å²) in [7, 11) is 0. The number of carbonyl (C=O) groups is 1. The SMILES string of the molecule is CCOC(=O)CC[n+]1ccccc1.[Br-]. The molecule has 0 fully saturated rings. The van der Waals surface area contributed by atoms with Crippen LogP contribution in [-0.4, -0.2) is 12.6 Å². The molecule has 0 aliphatic rings. The van der Waals surface area contributed by atoms with E-state index in [1.807, 2.05) is 42.1 Å². The van der Waals surface area contributed by atoms with Gasteiger partial charge in [-0.1, -0.05) is 6.07 Å². The smallest absolute Gasteiger partial charge is 0.312 e. The molecular formula is C10H14BrNO2. The lowest BCUT2D eigenvalue weighted by Gasteiger charge is -1.98. The summed E-state index contributed by atoms with van der Waals surface area (Å²) in [5.41, 5.74) is 0. The molecule has 0 aliphatic heterocycles. The molecule has 78 valence electrons. The highest BCUT2D eigenvalue weighted by Crippen LogP contribution is 1.86. The summed E-state index contributed by atoms with van der Waals surface area (Å²) >= 11 is 0. The minimum Gasteiger partial charge on any atom is -1.00 e. The molecule has 14 heavy (non-hydrogen) atoms. The van der Waals surface area contributed by atoms with E-state index in [-0.39, 0.29) is 23.0 Å². The maximum Gasteiger partial charge on any atom is 0.312 e. The van der Waals surface area contributed by atoms with Crippen LogP contribution >= 0.6 is 0 Å². The highest BCUT2D eigenvalue weighted by atomic mass is 79.9. The number of aryl methyl sites for hydroxylation is 1. The van der Waals surface area contributed by atoms with Gasteiger partial charge in [-0.05, 0) is 6.92 Å². The van der Waals surface area contributed by atoms with Crippen molar-refractivity contribution in [1.82, 2.24) is 0 Å². The number of aromatic nitrogens is 1. The lowest BCUT2D eigenvalue weighted by atomic mass is 10.4. The van der Waals surface area contributed by atoms with Crippen molar-refractivity contribution in [3.63, 3.8) is 0 Å². The number of esters is 1. The third-order valence-electron chi connectivity index (χ3n) is 1.66. The van der Waals surface area contributed by atoms with Crippen LogP contribution in [0.25, 0.3) is 0 Å². The zero-order chi connectivity index (χ0) is 9.52. The van der Waals surface area contributed by atoms with Gasteiger partial charge in [0, 0.05) is 12.1 Å². The van der Waals surface area contributed by atoms with Crippen molar-refractivity contribution in [3.8, 4) is 0 Å². The molecule has 1 aromatic heterocycles. The Bertz CT molecular complexity index is 264. The summed E-state index contributed by atoms with van der Waals surface area (Å²) < 4.78 is 6.77. The lowest BCUT2D eigenvalue weighted by Crippen LogP contribution is -3.00. The van der Waals surface area contributed by atoms with Crippen LogP contribution in [0.1, 0.15) is 13.3 Å². The summed E-state index contributed by atoms with van der Waals surface area (Å²) in [6.07, 6.45) is 4.29. The molecule has 0 aliphatic carbocycles. The van der Waals surface area contributed by atoms with E-state index in [4.69, 9.17) is 4.74 Å². The molecule has 0 radical (unpaired) electrons. The monoisotopic (exact) mass is 259 g/mol. The van der Waals surface area contributed by atoms with Gasteiger partial charge in [-0.2, -0.15) is 0 Å². The van der Waals surface area contributed by atoms with Gasteiger partial charge in [-0.25, -0.2) is 4.57 Å². The molecular weight excluding hydrogens is 246 g/mol. The second-order valence-corrected chi connectivity index (χ2v) is 2.67. The Morgan fingerprint density at radius 3 is 2.50 bits per heavy atom. The molecule has 1 aromatic rings. The van der Waals surface area contributed by atoms with Crippen LogP contribution in [0, 0.1) is 0 Å². The van der Waals surface area contributed by atoms with Gasteiger partial charge < -0.3 is 21.7 Å². The molecule has 1 rings (SSSR count). The first-order chi connectivity index (χ1) is 6.33. The van der Waals surface area contributed by atoms with Crippen molar-refractivity contribution < 1.29 is 31.1 Å². The standard InChI is InChI=1S/C10H14NO2.BrH/c1-2-13-10(12)6-9-11-7-4-3-5-8-11;/h3-5,7-8H,2,6,9H2,1H3;1H/q+1;/p-1. The average Bonchev–Trinajstić information content (AvgIpc) is 2.17. The number of hydrogen-bond acceptors (Lipinski definition) is 2. The largest absolute Gasteiger partial charge is 1.00 e. The van der Waals surface area contributed by atoms with E-state index in [0.29, 0.717) is 19.6 Å². The predicted molar refractivity (Wildman–Crippen MR) is 47.9 cm³/mol. The normalized spacial score (nSPS) is 8.93. The number of rotatable bonds is 4. The molecule has 0 aromatic carbocycles. The van der Waals surface area contributed by atoms with Crippen LogP contribution in [0.5, 0.6) is 0 Å². The Morgan fingerprint density at radius 1 is 1.29 bits per heavy atom. The summed E-state index contributed by atoms with van der Waals surface area (Å²) in [4.78, 5) is 11.0. The van der Waals surface area contributed by atoms with Gasteiger partial charge in [0.25, 0.3) is 0 Å². The Labute approximate surface area is 94.5 Å². The first-order valence-electron chi connectivity index (χ1n) is 4.42. The van der Waals surface area contributed by atoms with Crippen molar-refractivity contribution in [3.05, 3.63) is 30.6 Å². The fourth-order valence-corrected chi connectivity index (χ4v) is 1.04. The number of carbonyl (C=O) groups excluding carboxylic acids is 1. The molecule has 4 heteroatoms. The maximum absolute atomic E-state index is 11.0. The van der Waals surface area contributed by atoms with Gasteiger partial charge in [0.1, 0.15) is 6.42 Å². The van der Waals surface area contributed by atoms with Gasteiger partial charge in [-0.15, -0.1) is 0 Å². The number of halogens is 1. The van der Waals surface area contributed by atoms with Crippen LogP contribution in [0.4, 0.5) is 0 Å². The van der Waals surface area contributed by atoms with Crippen LogP contribution in [0.2, 0.25) is 0 Å². The second-order valence-electron chi connectivity index (χ2n) is 2.67. The van der Waals surface area contributed by atoms with E-state index in [9.17, 15) is 4.79 Å². The molecule has 0 unspecified atom stereocenters. The Kier molecular flexibility index (Phi) is 7.02. The average molecular weight is 260 g/mol. The molecule has 3 nitrogen and oxygen atoms in total. The zero-order valence-corrected chi connectivity index (χ0v) is 9.74.